The Kier molecular flexibility index (Phi) is 6.23. The van der Waals surface area contributed by atoms with Gasteiger partial charge in [0.05, 0.1) is 12.7 Å². The molecule has 1 heterocycles. The van der Waals surface area contributed by atoms with Crippen molar-refractivity contribution in [2.24, 2.45) is 0 Å². The quantitative estimate of drug-likeness (QED) is 0.802. The molecule has 0 saturated heterocycles. The fourth-order valence-corrected chi connectivity index (χ4v) is 3.49. The molecule has 0 radical (unpaired) electrons. The number of carbonyl (C=O) groups excluding carboxylic acids is 2. The third-order valence-electron chi connectivity index (χ3n) is 4.95. The van der Waals surface area contributed by atoms with Crippen LogP contribution in [0.1, 0.15) is 42.5 Å². The zero-order valence-corrected chi connectivity index (χ0v) is 15.7. The van der Waals surface area contributed by atoms with Gasteiger partial charge in [-0.2, -0.15) is 0 Å². The SMILES string of the molecule is COC(=O)c1cc(-c2ccc(F)cc2)c(=O)n(CC(=O)NC2CCCCC2)c1. The van der Waals surface area contributed by atoms with Gasteiger partial charge in [0.2, 0.25) is 5.91 Å². The lowest BCUT2D eigenvalue weighted by Gasteiger charge is -2.23. The summed E-state index contributed by atoms with van der Waals surface area (Å²) in [5.41, 5.74) is 0.372. The predicted molar refractivity (Wildman–Crippen MR) is 102 cm³/mol. The molecule has 0 bridgehead atoms. The molecule has 1 saturated carbocycles. The van der Waals surface area contributed by atoms with E-state index in [0.717, 1.165) is 25.7 Å². The van der Waals surface area contributed by atoms with Gasteiger partial charge in [-0.3, -0.25) is 9.59 Å². The van der Waals surface area contributed by atoms with Crippen LogP contribution in [0.25, 0.3) is 11.1 Å². The molecule has 1 aliphatic rings. The first-order chi connectivity index (χ1) is 13.5. The molecule has 6 nitrogen and oxygen atoms in total. The lowest BCUT2D eigenvalue weighted by atomic mass is 9.95. The number of esters is 1. The van der Waals surface area contributed by atoms with Gasteiger partial charge in [0.25, 0.3) is 5.56 Å². The van der Waals surface area contributed by atoms with E-state index >= 15 is 0 Å². The Morgan fingerprint density at radius 2 is 1.86 bits per heavy atom. The summed E-state index contributed by atoms with van der Waals surface area (Å²) in [7, 11) is 1.24. The van der Waals surface area contributed by atoms with Gasteiger partial charge in [-0.25, -0.2) is 9.18 Å². The van der Waals surface area contributed by atoms with Gasteiger partial charge in [0.1, 0.15) is 12.4 Å². The molecule has 28 heavy (non-hydrogen) atoms. The van der Waals surface area contributed by atoms with Crippen LogP contribution in [0.2, 0.25) is 0 Å². The number of nitrogens with zero attached hydrogens (tertiary/aromatic N) is 1. The van der Waals surface area contributed by atoms with Crippen LogP contribution in [-0.2, 0) is 16.1 Å². The van der Waals surface area contributed by atoms with Crippen LogP contribution in [-0.4, -0.2) is 29.6 Å². The zero-order chi connectivity index (χ0) is 20.1. The van der Waals surface area contributed by atoms with Crippen LogP contribution < -0.4 is 10.9 Å². The fourth-order valence-electron chi connectivity index (χ4n) is 3.49. The molecule has 0 spiro atoms. The van der Waals surface area contributed by atoms with Crippen molar-refractivity contribution in [3.8, 4) is 11.1 Å². The number of hydrogen-bond acceptors (Lipinski definition) is 4. The van der Waals surface area contributed by atoms with Gasteiger partial charge in [-0.15, -0.1) is 0 Å². The van der Waals surface area contributed by atoms with E-state index in [0.29, 0.717) is 5.56 Å². The largest absolute Gasteiger partial charge is 0.465 e. The second kappa shape index (κ2) is 8.82. The van der Waals surface area contributed by atoms with E-state index in [4.69, 9.17) is 4.74 Å². The molecule has 148 valence electrons. The van der Waals surface area contributed by atoms with E-state index in [2.05, 4.69) is 5.32 Å². The Bertz CT molecular complexity index is 915. The molecule has 7 heteroatoms. The summed E-state index contributed by atoms with van der Waals surface area (Å²) in [5.74, 6) is -1.33. The molecule has 0 atom stereocenters. The van der Waals surface area contributed by atoms with Gasteiger partial charge in [-0.1, -0.05) is 31.4 Å². The number of ether oxygens (including phenoxy) is 1. The minimum Gasteiger partial charge on any atom is -0.465 e. The number of carbonyl (C=O) groups is 2. The number of hydrogen-bond donors (Lipinski definition) is 1. The van der Waals surface area contributed by atoms with Gasteiger partial charge in [-0.05, 0) is 36.6 Å². The Labute approximate surface area is 162 Å². The van der Waals surface area contributed by atoms with Crippen molar-refractivity contribution in [3.63, 3.8) is 0 Å². The normalized spacial score (nSPS) is 14.5. The van der Waals surface area contributed by atoms with Crippen LogP contribution in [0.4, 0.5) is 4.39 Å². The molecule has 1 aromatic carbocycles. The Hall–Kier alpha value is -2.96. The summed E-state index contributed by atoms with van der Waals surface area (Å²) < 4.78 is 19.2. The molecule has 3 rings (SSSR count). The fraction of sp³-hybridized carbons (Fsp3) is 0.381. The summed E-state index contributed by atoms with van der Waals surface area (Å²) in [6, 6.07) is 6.91. The molecule has 1 amide bonds. The van der Waals surface area contributed by atoms with Gasteiger partial charge >= 0.3 is 5.97 Å². The van der Waals surface area contributed by atoms with E-state index in [-0.39, 0.29) is 29.6 Å². The third kappa shape index (κ3) is 4.65. The summed E-state index contributed by atoms with van der Waals surface area (Å²) >= 11 is 0. The highest BCUT2D eigenvalue weighted by Gasteiger charge is 2.19. The number of methoxy groups -OCH3 is 1. The van der Waals surface area contributed by atoms with Crippen LogP contribution in [0, 0.1) is 5.82 Å². The number of halogens is 1. The summed E-state index contributed by atoms with van der Waals surface area (Å²) in [6.07, 6.45) is 6.53. The molecule has 1 N–H and O–H groups in total. The standard InChI is InChI=1S/C21H23FN2O4/c1-28-21(27)15-11-18(14-7-9-16(22)10-8-14)20(26)24(12-15)13-19(25)23-17-5-3-2-4-6-17/h7-12,17H,2-6,13H2,1H3,(H,23,25). The maximum atomic E-state index is 13.2. The molecule has 1 aliphatic carbocycles. The first-order valence-electron chi connectivity index (χ1n) is 9.36. The highest BCUT2D eigenvalue weighted by atomic mass is 19.1. The molecular weight excluding hydrogens is 363 g/mol. The lowest BCUT2D eigenvalue weighted by molar-refractivity contribution is -0.122. The predicted octanol–water partition coefficient (Wildman–Crippen LogP) is 2.89. The van der Waals surface area contributed by atoms with Crippen LogP contribution in [0.3, 0.4) is 0 Å². The van der Waals surface area contributed by atoms with Crippen molar-refractivity contribution < 1.29 is 18.7 Å². The van der Waals surface area contributed by atoms with Crippen molar-refractivity contribution in [1.29, 1.82) is 0 Å². The number of nitrogens with one attached hydrogen (secondary N) is 1. The second-order valence-electron chi connectivity index (χ2n) is 6.98. The Morgan fingerprint density at radius 3 is 2.50 bits per heavy atom. The smallest absolute Gasteiger partial charge is 0.339 e. The van der Waals surface area contributed by atoms with E-state index in [1.54, 1.807) is 0 Å². The maximum Gasteiger partial charge on any atom is 0.339 e. The molecule has 0 unspecified atom stereocenters. The maximum absolute atomic E-state index is 13.2. The topological polar surface area (TPSA) is 77.4 Å². The van der Waals surface area contributed by atoms with E-state index in [1.807, 2.05) is 0 Å². The second-order valence-corrected chi connectivity index (χ2v) is 6.98. The van der Waals surface area contributed by atoms with Crippen molar-refractivity contribution in [3.05, 3.63) is 58.3 Å². The first kappa shape index (κ1) is 19.8. The average molecular weight is 386 g/mol. The number of pyridine rings is 1. The average Bonchev–Trinajstić information content (AvgIpc) is 2.70. The lowest BCUT2D eigenvalue weighted by Crippen LogP contribution is -2.40. The van der Waals surface area contributed by atoms with Crippen LogP contribution >= 0.6 is 0 Å². The van der Waals surface area contributed by atoms with E-state index < -0.39 is 17.3 Å². The number of amides is 1. The van der Waals surface area contributed by atoms with Crippen molar-refractivity contribution >= 4 is 11.9 Å². The highest BCUT2D eigenvalue weighted by molar-refractivity contribution is 5.90. The minimum absolute atomic E-state index is 0.123. The minimum atomic E-state index is -0.621. The number of aromatic nitrogens is 1. The molecule has 1 aromatic heterocycles. The van der Waals surface area contributed by atoms with Crippen LogP contribution in [0.5, 0.6) is 0 Å². The molecule has 1 fully saturated rings. The number of benzene rings is 1. The van der Waals surface area contributed by atoms with E-state index in [9.17, 15) is 18.8 Å². The summed E-state index contributed by atoms with van der Waals surface area (Å²) in [5, 5.41) is 2.96. The zero-order valence-electron chi connectivity index (χ0n) is 15.7. The number of rotatable bonds is 5. The van der Waals surface area contributed by atoms with Crippen molar-refractivity contribution in [2.75, 3.05) is 7.11 Å². The van der Waals surface area contributed by atoms with Gasteiger partial charge < -0.3 is 14.6 Å². The Morgan fingerprint density at radius 1 is 1.18 bits per heavy atom. The third-order valence-corrected chi connectivity index (χ3v) is 4.95. The first-order valence-corrected chi connectivity index (χ1v) is 9.36. The Balaban J connectivity index is 1.91. The van der Waals surface area contributed by atoms with E-state index in [1.165, 1.54) is 54.6 Å². The van der Waals surface area contributed by atoms with Crippen molar-refractivity contribution in [2.45, 2.75) is 44.7 Å². The van der Waals surface area contributed by atoms with Crippen LogP contribution in [0.15, 0.2) is 41.3 Å². The molecular formula is C21H23FN2O4. The van der Waals surface area contributed by atoms with Gasteiger partial charge in [0.15, 0.2) is 0 Å². The van der Waals surface area contributed by atoms with Gasteiger partial charge in [0, 0.05) is 17.8 Å². The highest BCUT2D eigenvalue weighted by Crippen LogP contribution is 2.19. The monoisotopic (exact) mass is 386 g/mol. The summed E-state index contributed by atoms with van der Waals surface area (Å²) in [4.78, 5) is 37.3. The van der Waals surface area contributed by atoms with Crippen molar-refractivity contribution in [1.82, 2.24) is 9.88 Å². The molecule has 0 aliphatic heterocycles. The summed E-state index contributed by atoms with van der Waals surface area (Å²) in [6.45, 7) is -0.200. The molecule has 2 aromatic rings.